The van der Waals surface area contributed by atoms with E-state index in [1.165, 1.54) is 0 Å². The predicted octanol–water partition coefficient (Wildman–Crippen LogP) is 0.253. The monoisotopic (exact) mass is 210 g/mol. The highest BCUT2D eigenvalue weighted by molar-refractivity contribution is 5.79. The number of aryl methyl sites for hydroxylation is 2. The molecule has 1 heterocycles. The Morgan fingerprint density at radius 3 is 2.60 bits per heavy atom. The number of carbonyl (C=O) groups excluding carboxylic acids is 1. The fourth-order valence-corrected chi connectivity index (χ4v) is 1.59. The van der Waals surface area contributed by atoms with Gasteiger partial charge < -0.3 is 5.73 Å². The molecule has 5 nitrogen and oxygen atoms in total. The predicted molar refractivity (Wildman–Crippen MR) is 58.2 cm³/mol. The van der Waals surface area contributed by atoms with Crippen LogP contribution in [-0.2, 0) is 11.8 Å². The standard InChI is InChI=1S/C10H18N4O/c1-6(12-8(3)10(11)15)9-5-14(4)13-7(9)2/h5-6,8,12H,1-4H3,(H2,11,15). The van der Waals surface area contributed by atoms with Crippen molar-refractivity contribution in [2.24, 2.45) is 12.8 Å². The van der Waals surface area contributed by atoms with Gasteiger partial charge >= 0.3 is 0 Å². The average molecular weight is 210 g/mol. The Bertz CT molecular complexity index is 358. The Balaban J connectivity index is 2.72. The molecule has 15 heavy (non-hydrogen) atoms. The maximum Gasteiger partial charge on any atom is 0.234 e. The molecule has 84 valence electrons. The average Bonchev–Trinajstić information content (AvgIpc) is 2.44. The molecule has 5 heteroatoms. The Hall–Kier alpha value is -1.36. The topological polar surface area (TPSA) is 72.9 Å². The Morgan fingerprint density at radius 1 is 1.60 bits per heavy atom. The lowest BCUT2D eigenvalue weighted by Crippen LogP contribution is -2.40. The number of hydrogen-bond acceptors (Lipinski definition) is 3. The molecule has 3 N–H and O–H groups in total. The zero-order valence-electron chi connectivity index (χ0n) is 9.61. The summed E-state index contributed by atoms with van der Waals surface area (Å²) in [5.41, 5.74) is 7.24. The third-order valence-electron chi connectivity index (χ3n) is 2.44. The first-order chi connectivity index (χ1) is 6.91. The van der Waals surface area contributed by atoms with E-state index in [9.17, 15) is 4.79 Å². The molecule has 0 aliphatic heterocycles. The van der Waals surface area contributed by atoms with Crippen LogP contribution in [0.15, 0.2) is 6.20 Å². The maximum absolute atomic E-state index is 10.9. The van der Waals surface area contributed by atoms with Crippen molar-refractivity contribution in [1.29, 1.82) is 0 Å². The van der Waals surface area contributed by atoms with Crippen LogP contribution in [0.25, 0.3) is 0 Å². The van der Waals surface area contributed by atoms with Gasteiger partial charge in [0.25, 0.3) is 0 Å². The first-order valence-electron chi connectivity index (χ1n) is 4.97. The molecular weight excluding hydrogens is 192 g/mol. The molecule has 0 radical (unpaired) electrons. The highest BCUT2D eigenvalue weighted by Crippen LogP contribution is 2.15. The number of amides is 1. The molecule has 1 rings (SSSR count). The van der Waals surface area contributed by atoms with Gasteiger partial charge in [-0.3, -0.25) is 14.8 Å². The highest BCUT2D eigenvalue weighted by Gasteiger charge is 2.16. The molecule has 0 aliphatic carbocycles. The number of primary amides is 1. The molecule has 0 spiro atoms. The van der Waals surface area contributed by atoms with Gasteiger partial charge in [0.1, 0.15) is 0 Å². The van der Waals surface area contributed by atoms with E-state index in [4.69, 9.17) is 5.73 Å². The third kappa shape index (κ3) is 2.79. The summed E-state index contributed by atoms with van der Waals surface area (Å²) in [5, 5.41) is 7.37. The second-order valence-electron chi connectivity index (χ2n) is 3.86. The van der Waals surface area contributed by atoms with Gasteiger partial charge in [0.2, 0.25) is 5.91 Å². The summed E-state index contributed by atoms with van der Waals surface area (Å²) in [6.45, 7) is 5.69. The second-order valence-corrected chi connectivity index (χ2v) is 3.86. The van der Waals surface area contributed by atoms with Crippen LogP contribution in [0.3, 0.4) is 0 Å². The van der Waals surface area contributed by atoms with Gasteiger partial charge in [0.05, 0.1) is 11.7 Å². The van der Waals surface area contributed by atoms with Crippen molar-refractivity contribution in [2.75, 3.05) is 0 Å². The summed E-state index contributed by atoms with van der Waals surface area (Å²) in [5.74, 6) is -0.344. The molecule has 2 unspecified atom stereocenters. The number of rotatable bonds is 4. The minimum atomic E-state index is -0.344. The van der Waals surface area contributed by atoms with E-state index in [1.54, 1.807) is 11.6 Å². The molecule has 1 aromatic rings. The quantitative estimate of drug-likeness (QED) is 0.748. The number of nitrogens with one attached hydrogen (secondary N) is 1. The van der Waals surface area contributed by atoms with Crippen molar-refractivity contribution in [3.8, 4) is 0 Å². The number of nitrogens with zero attached hydrogens (tertiary/aromatic N) is 2. The lowest BCUT2D eigenvalue weighted by atomic mass is 10.1. The smallest absolute Gasteiger partial charge is 0.234 e. The van der Waals surface area contributed by atoms with Gasteiger partial charge in [-0.25, -0.2) is 0 Å². The van der Waals surface area contributed by atoms with E-state index in [2.05, 4.69) is 10.4 Å². The van der Waals surface area contributed by atoms with Crippen LogP contribution >= 0.6 is 0 Å². The lowest BCUT2D eigenvalue weighted by Gasteiger charge is -2.16. The fraction of sp³-hybridized carbons (Fsp3) is 0.600. The van der Waals surface area contributed by atoms with Crippen molar-refractivity contribution in [2.45, 2.75) is 32.9 Å². The fourth-order valence-electron chi connectivity index (χ4n) is 1.59. The van der Waals surface area contributed by atoms with Crippen LogP contribution < -0.4 is 11.1 Å². The van der Waals surface area contributed by atoms with Gasteiger partial charge in [-0.15, -0.1) is 0 Å². The molecule has 0 fully saturated rings. The highest BCUT2D eigenvalue weighted by atomic mass is 16.1. The summed E-state index contributed by atoms with van der Waals surface area (Å²) in [4.78, 5) is 10.9. The van der Waals surface area contributed by atoms with Crippen LogP contribution in [0, 0.1) is 6.92 Å². The minimum Gasteiger partial charge on any atom is -0.368 e. The van der Waals surface area contributed by atoms with E-state index in [1.807, 2.05) is 27.1 Å². The molecule has 0 saturated heterocycles. The number of nitrogens with two attached hydrogens (primary N) is 1. The summed E-state index contributed by atoms with van der Waals surface area (Å²) in [6.07, 6.45) is 1.95. The van der Waals surface area contributed by atoms with Gasteiger partial charge in [-0.1, -0.05) is 0 Å². The van der Waals surface area contributed by atoms with Crippen LogP contribution in [0.5, 0.6) is 0 Å². The van der Waals surface area contributed by atoms with E-state index in [0.29, 0.717) is 0 Å². The molecular formula is C10H18N4O. The number of carbonyl (C=O) groups is 1. The summed E-state index contributed by atoms with van der Waals surface area (Å²) in [6, 6.07) is -0.263. The van der Waals surface area contributed by atoms with Crippen molar-refractivity contribution >= 4 is 5.91 Å². The van der Waals surface area contributed by atoms with Crippen molar-refractivity contribution in [3.05, 3.63) is 17.5 Å². The van der Waals surface area contributed by atoms with Crippen molar-refractivity contribution in [1.82, 2.24) is 15.1 Å². The van der Waals surface area contributed by atoms with Gasteiger partial charge in [-0.2, -0.15) is 5.10 Å². The van der Waals surface area contributed by atoms with E-state index in [0.717, 1.165) is 11.3 Å². The van der Waals surface area contributed by atoms with Gasteiger partial charge in [0, 0.05) is 24.8 Å². The SMILES string of the molecule is Cc1nn(C)cc1C(C)NC(C)C(N)=O. The molecule has 1 amide bonds. The van der Waals surface area contributed by atoms with Crippen molar-refractivity contribution in [3.63, 3.8) is 0 Å². The van der Waals surface area contributed by atoms with E-state index < -0.39 is 0 Å². The Kier molecular flexibility index (Phi) is 3.47. The first-order valence-corrected chi connectivity index (χ1v) is 4.97. The zero-order chi connectivity index (χ0) is 11.6. The van der Waals surface area contributed by atoms with Crippen molar-refractivity contribution < 1.29 is 4.79 Å². The zero-order valence-corrected chi connectivity index (χ0v) is 9.61. The molecule has 0 aromatic carbocycles. The third-order valence-corrected chi connectivity index (χ3v) is 2.44. The maximum atomic E-state index is 10.9. The number of aromatic nitrogens is 2. The van der Waals surface area contributed by atoms with Crippen LogP contribution in [0.4, 0.5) is 0 Å². The molecule has 0 bridgehead atoms. The lowest BCUT2D eigenvalue weighted by molar-refractivity contribution is -0.119. The normalized spacial score (nSPS) is 14.9. The van der Waals surface area contributed by atoms with E-state index in [-0.39, 0.29) is 18.0 Å². The van der Waals surface area contributed by atoms with Crippen LogP contribution in [0.2, 0.25) is 0 Å². The van der Waals surface area contributed by atoms with Gasteiger partial charge in [0.15, 0.2) is 0 Å². The molecule has 0 aliphatic rings. The minimum absolute atomic E-state index is 0.0706. The Labute approximate surface area is 89.6 Å². The largest absolute Gasteiger partial charge is 0.368 e. The molecule has 1 aromatic heterocycles. The van der Waals surface area contributed by atoms with E-state index >= 15 is 0 Å². The summed E-state index contributed by atoms with van der Waals surface area (Å²) < 4.78 is 1.76. The Morgan fingerprint density at radius 2 is 2.20 bits per heavy atom. The molecule has 0 saturated carbocycles. The summed E-state index contributed by atoms with van der Waals surface area (Å²) >= 11 is 0. The number of hydrogen-bond donors (Lipinski definition) is 2. The molecule has 2 atom stereocenters. The van der Waals surface area contributed by atoms with Crippen LogP contribution in [0.1, 0.15) is 31.1 Å². The van der Waals surface area contributed by atoms with Crippen LogP contribution in [-0.4, -0.2) is 21.7 Å². The summed E-state index contributed by atoms with van der Waals surface area (Å²) in [7, 11) is 1.88. The van der Waals surface area contributed by atoms with Gasteiger partial charge in [-0.05, 0) is 20.8 Å². The first kappa shape index (κ1) is 11.7. The second kappa shape index (κ2) is 4.44.